The van der Waals surface area contributed by atoms with Crippen LogP contribution < -0.4 is 5.32 Å². The average molecular weight is 482 g/mol. The molecular formula is C25H28BrN3O2. The number of anilines is 1. The topological polar surface area (TPSA) is 56.1 Å². The molecular weight excluding hydrogens is 454 g/mol. The molecule has 0 saturated carbocycles. The molecule has 0 aliphatic carbocycles. The van der Waals surface area contributed by atoms with Gasteiger partial charge in [-0.1, -0.05) is 72.8 Å². The summed E-state index contributed by atoms with van der Waals surface area (Å²) >= 11 is 3.51. The largest absolute Gasteiger partial charge is 0.462 e. The number of para-hydroxylation sites is 2. The summed E-state index contributed by atoms with van der Waals surface area (Å²) in [5.41, 5.74) is 4.31. The smallest absolute Gasteiger partial charge is 0.338 e. The van der Waals surface area contributed by atoms with Crippen LogP contribution in [0.1, 0.15) is 57.6 Å². The number of rotatable bonds is 8. The molecule has 0 amide bonds. The number of halogens is 1. The van der Waals surface area contributed by atoms with Crippen LogP contribution in [-0.2, 0) is 9.53 Å². The molecule has 162 valence electrons. The third-order valence-corrected chi connectivity index (χ3v) is 6.25. The summed E-state index contributed by atoms with van der Waals surface area (Å²) in [6, 6.07) is 15.8. The first-order valence-corrected chi connectivity index (χ1v) is 11.8. The number of benzene rings is 2. The van der Waals surface area contributed by atoms with E-state index >= 15 is 0 Å². The van der Waals surface area contributed by atoms with Crippen molar-refractivity contribution in [1.29, 1.82) is 0 Å². The number of fused-ring (bicyclic) bond motifs is 3. The van der Waals surface area contributed by atoms with E-state index in [2.05, 4.69) is 32.7 Å². The molecule has 0 radical (unpaired) electrons. The minimum absolute atomic E-state index is 0.267. The number of hydrogen-bond donors (Lipinski definition) is 1. The average Bonchev–Trinajstić information content (AvgIpc) is 3.13. The second-order valence-electron chi connectivity index (χ2n) is 7.96. The highest BCUT2D eigenvalue weighted by molar-refractivity contribution is 9.10. The number of hydrogen-bond acceptors (Lipinski definition) is 4. The molecule has 1 N–H and O–H groups in total. The van der Waals surface area contributed by atoms with Gasteiger partial charge in [-0.05, 0) is 43.2 Å². The Bertz CT molecular complexity index is 1100. The number of imidazole rings is 1. The molecule has 1 aliphatic rings. The Hall–Kier alpha value is -2.60. The van der Waals surface area contributed by atoms with Crippen LogP contribution in [0.2, 0.25) is 0 Å². The Morgan fingerprint density at radius 3 is 2.61 bits per heavy atom. The van der Waals surface area contributed by atoms with E-state index in [0.29, 0.717) is 12.2 Å². The Morgan fingerprint density at radius 1 is 1.10 bits per heavy atom. The Labute approximate surface area is 191 Å². The Balaban J connectivity index is 1.67. The quantitative estimate of drug-likeness (QED) is 0.290. The van der Waals surface area contributed by atoms with E-state index in [-0.39, 0.29) is 12.0 Å². The van der Waals surface area contributed by atoms with Crippen LogP contribution in [0.5, 0.6) is 0 Å². The lowest BCUT2D eigenvalue weighted by Gasteiger charge is -2.30. The van der Waals surface area contributed by atoms with E-state index in [9.17, 15) is 4.79 Å². The fourth-order valence-electron chi connectivity index (χ4n) is 4.14. The first kappa shape index (κ1) is 21.6. The molecule has 1 unspecified atom stereocenters. The molecule has 2 aromatic carbocycles. The molecule has 31 heavy (non-hydrogen) atoms. The fraction of sp³-hybridized carbons (Fsp3) is 0.360. The van der Waals surface area contributed by atoms with Crippen molar-refractivity contribution in [3.8, 4) is 0 Å². The van der Waals surface area contributed by atoms with Crippen molar-refractivity contribution in [2.45, 2.75) is 52.0 Å². The summed E-state index contributed by atoms with van der Waals surface area (Å²) in [5.74, 6) is 0.472. The standard InChI is InChI=1S/C25H28BrN3O2/c1-3-4-5-6-9-16-31-24(30)22-17(2)27-25-28-20-10-7-8-11-21(20)29(25)23(22)18-12-14-19(26)15-13-18/h7-8,10-15,23H,3-6,9,16H2,1-2H3,(H,27,28). The molecule has 1 aromatic heterocycles. The zero-order valence-electron chi connectivity index (χ0n) is 18.0. The number of aromatic nitrogens is 2. The van der Waals surface area contributed by atoms with Crippen LogP contribution in [0.3, 0.4) is 0 Å². The Morgan fingerprint density at radius 2 is 1.84 bits per heavy atom. The van der Waals surface area contributed by atoms with Crippen LogP contribution in [0.4, 0.5) is 5.95 Å². The van der Waals surface area contributed by atoms with Crippen LogP contribution in [0, 0.1) is 0 Å². The first-order valence-electron chi connectivity index (χ1n) is 11.0. The normalized spacial score (nSPS) is 15.6. The van der Waals surface area contributed by atoms with Crippen LogP contribution in [-0.4, -0.2) is 22.1 Å². The van der Waals surface area contributed by atoms with E-state index in [1.165, 1.54) is 19.3 Å². The minimum Gasteiger partial charge on any atom is -0.462 e. The number of carbonyl (C=O) groups is 1. The van der Waals surface area contributed by atoms with E-state index in [0.717, 1.165) is 45.6 Å². The van der Waals surface area contributed by atoms with E-state index in [1.54, 1.807) is 0 Å². The van der Waals surface area contributed by atoms with Crippen molar-refractivity contribution in [2.24, 2.45) is 0 Å². The summed E-state index contributed by atoms with van der Waals surface area (Å²) in [6.45, 7) is 4.57. The highest BCUT2D eigenvalue weighted by atomic mass is 79.9. The summed E-state index contributed by atoms with van der Waals surface area (Å²) in [4.78, 5) is 18.0. The lowest BCUT2D eigenvalue weighted by Crippen LogP contribution is -2.29. The molecule has 4 rings (SSSR count). The first-order chi connectivity index (χ1) is 15.1. The van der Waals surface area contributed by atoms with Gasteiger partial charge in [0.05, 0.1) is 29.3 Å². The van der Waals surface area contributed by atoms with Gasteiger partial charge in [0.15, 0.2) is 0 Å². The van der Waals surface area contributed by atoms with Gasteiger partial charge >= 0.3 is 5.97 Å². The summed E-state index contributed by atoms with van der Waals surface area (Å²) in [5, 5.41) is 3.33. The monoisotopic (exact) mass is 481 g/mol. The Kier molecular flexibility index (Phi) is 6.76. The second kappa shape index (κ2) is 9.69. The van der Waals surface area contributed by atoms with Gasteiger partial charge in [-0.2, -0.15) is 0 Å². The highest BCUT2D eigenvalue weighted by Crippen LogP contribution is 2.39. The van der Waals surface area contributed by atoms with Crippen molar-refractivity contribution in [3.63, 3.8) is 0 Å². The van der Waals surface area contributed by atoms with Gasteiger partial charge in [0.25, 0.3) is 0 Å². The molecule has 3 aromatic rings. The maximum atomic E-state index is 13.3. The minimum atomic E-state index is -0.302. The van der Waals surface area contributed by atoms with Crippen molar-refractivity contribution >= 4 is 38.9 Å². The zero-order valence-corrected chi connectivity index (χ0v) is 19.6. The van der Waals surface area contributed by atoms with Gasteiger partial charge in [0, 0.05) is 10.2 Å². The van der Waals surface area contributed by atoms with Crippen molar-refractivity contribution in [2.75, 3.05) is 11.9 Å². The fourth-order valence-corrected chi connectivity index (χ4v) is 4.40. The molecule has 5 nitrogen and oxygen atoms in total. The van der Waals surface area contributed by atoms with Gasteiger partial charge in [0.1, 0.15) is 0 Å². The van der Waals surface area contributed by atoms with E-state index in [1.807, 2.05) is 55.5 Å². The number of esters is 1. The lowest BCUT2D eigenvalue weighted by atomic mass is 9.95. The number of nitrogens with one attached hydrogen (secondary N) is 1. The lowest BCUT2D eigenvalue weighted by molar-refractivity contribution is -0.139. The molecule has 0 bridgehead atoms. The van der Waals surface area contributed by atoms with Crippen molar-refractivity contribution in [1.82, 2.24) is 9.55 Å². The predicted octanol–water partition coefficient (Wildman–Crippen LogP) is 6.60. The highest BCUT2D eigenvalue weighted by Gasteiger charge is 2.34. The number of ether oxygens (including phenoxy) is 1. The number of carbonyl (C=O) groups excluding carboxylic acids is 1. The molecule has 0 fully saturated rings. The van der Waals surface area contributed by atoms with Crippen LogP contribution in [0.15, 0.2) is 64.3 Å². The zero-order chi connectivity index (χ0) is 21.8. The molecule has 1 atom stereocenters. The maximum Gasteiger partial charge on any atom is 0.338 e. The van der Waals surface area contributed by atoms with Crippen molar-refractivity contribution in [3.05, 3.63) is 69.8 Å². The molecule has 0 spiro atoms. The van der Waals surface area contributed by atoms with E-state index in [4.69, 9.17) is 9.72 Å². The number of nitrogens with zero attached hydrogens (tertiary/aromatic N) is 2. The molecule has 6 heteroatoms. The van der Waals surface area contributed by atoms with Crippen LogP contribution in [0.25, 0.3) is 11.0 Å². The van der Waals surface area contributed by atoms with Gasteiger partial charge in [-0.15, -0.1) is 0 Å². The second-order valence-corrected chi connectivity index (χ2v) is 8.88. The predicted molar refractivity (Wildman–Crippen MR) is 128 cm³/mol. The summed E-state index contributed by atoms with van der Waals surface area (Å²) < 4.78 is 8.83. The molecule has 2 heterocycles. The molecule has 1 aliphatic heterocycles. The third-order valence-electron chi connectivity index (χ3n) is 5.72. The maximum absolute atomic E-state index is 13.3. The summed E-state index contributed by atoms with van der Waals surface area (Å²) in [7, 11) is 0. The summed E-state index contributed by atoms with van der Waals surface area (Å²) in [6.07, 6.45) is 5.60. The van der Waals surface area contributed by atoms with Gasteiger partial charge in [0.2, 0.25) is 5.95 Å². The van der Waals surface area contributed by atoms with Gasteiger partial charge in [-0.3, -0.25) is 4.57 Å². The number of allylic oxidation sites excluding steroid dienone is 1. The molecule has 0 saturated heterocycles. The third kappa shape index (κ3) is 4.54. The van der Waals surface area contributed by atoms with Gasteiger partial charge < -0.3 is 10.1 Å². The van der Waals surface area contributed by atoms with E-state index < -0.39 is 0 Å². The van der Waals surface area contributed by atoms with Crippen LogP contribution >= 0.6 is 15.9 Å². The van der Waals surface area contributed by atoms with Crippen molar-refractivity contribution < 1.29 is 9.53 Å². The van der Waals surface area contributed by atoms with Gasteiger partial charge in [-0.25, -0.2) is 9.78 Å². The SMILES string of the molecule is CCCCCCCOC(=O)C1=C(C)Nc2nc3ccccc3n2C1c1ccc(Br)cc1. The number of unbranched alkanes of at least 4 members (excludes halogenated alkanes) is 4.